The van der Waals surface area contributed by atoms with E-state index in [0.29, 0.717) is 21.9 Å². The molecule has 17 heavy (non-hydrogen) atoms. The molecule has 1 unspecified atom stereocenters. The van der Waals surface area contributed by atoms with Crippen molar-refractivity contribution in [2.45, 2.75) is 38.6 Å². The van der Waals surface area contributed by atoms with Crippen LogP contribution >= 0.6 is 15.9 Å². The fraction of sp³-hybridized carbons (Fsp3) is 0.538. The van der Waals surface area contributed by atoms with Crippen molar-refractivity contribution in [3.05, 3.63) is 22.4 Å². The predicted octanol–water partition coefficient (Wildman–Crippen LogP) is 4.16. The van der Waals surface area contributed by atoms with Gasteiger partial charge >= 0.3 is 0 Å². The van der Waals surface area contributed by atoms with Crippen LogP contribution in [0.5, 0.6) is 0 Å². The molecule has 0 saturated heterocycles. The van der Waals surface area contributed by atoms with Gasteiger partial charge in [0.2, 0.25) is 0 Å². The lowest BCUT2D eigenvalue weighted by Gasteiger charge is -2.19. The van der Waals surface area contributed by atoms with Gasteiger partial charge in [0.15, 0.2) is 0 Å². The minimum Gasteiger partial charge on any atom is -0.397 e. The highest BCUT2D eigenvalue weighted by atomic mass is 79.9. The van der Waals surface area contributed by atoms with Crippen molar-refractivity contribution in [2.75, 3.05) is 11.1 Å². The van der Waals surface area contributed by atoms with Crippen LogP contribution in [0.3, 0.4) is 0 Å². The van der Waals surface area contributed by atoms with E-state index >= 15 is 0 Å². The van der Waals surface area contributed by atoms with Crippen molar-refractivity contribution in [3.8, 4) is 0 Å². The average molecular weight is 301 g/mol. The van der Waals surface area contributed by atoms with Gasteiger partial charge in [-0.2, -0.15) is 0 Å². The maximum atomic E-state index is 13.4. The third-order valence-electron chi connectivity index (χ3n) is 3.26. The summed E-state index contributed by atoms with van der Waals surface area (Å²) >= 11 is 3.13. The van der Waals surface area contributed by atoms with Gasteiger partial charge in [-0.15, -0.1) is 0 Å². The number of nitrogen functional groups attached to an aromatic ring is 1. The van der Waals surface area contributed by atoms with Crippen LogP contribution < -0.4 is 11.1 Å². The van der Waals surface area contributed by atoms with Crippen molar-refractivity contribution in [2.24, 2.45) is 5.92 Å². The summed E-state index contributed by atoms with van der Waals surface area (Å²) in [7, 11) is 0. The molecule has 94 valence electrons. The Balaban J connectivity index is 2.07. The van der Waals surface area contributed by atoms with Gasteiger partial charge in [0.25, 0.3) is 0 Å². The Kier molecular flexibility index (Phi) is 3.92. The first kappa shape index (κ1) is 12.7. The summed E-state index contributed by atoms with van der Waals surface area (Å²) in [5, 5.41) is 3.35. The van der Waals surface area contributed by atoms with Crippen molar-refractivity contribution < 1.29 is 4.39 Å². The molecule has 3 N–H and O–H groups in total. The van der Waals surface area contributed by atoms with Crippen LogP contribution in [-0.2, 0) is 0 Å². The molecule has 0 spiro atoms. The molecule has 1 fully saturated rings. The molecule has 0 radical (unpaired) electrons. The SMILES string of the molecule is CCC(CC1CC1)Nc1cc(F)c(Br)cc1N. The Hall–Kier alpha value is -0.770. The lowest BCUT2D eigenvalue weighted by atomic mass is 10.1. The molecule has 0 amide bonds. The molecule has 0 aliphatic heterocycles. The van der Waals surface area contributed by atoms with Crippen LogP contribution in [-0.4, -0.2) is 6.04 Å². The van der Waals surface area contributed by atoms with E-state index in [9.17, 15) is 4.39 Å². The smallest absolute Gasteiger partial charge is 0.139 e. The van der Waals surface area contributed by atoms with Crippen LogP contribution in [0.4, 0.5) is 15.8 Å². The molecule has 0 bridgehead atoms. The van der Waals surface area contributed by atoms with E-state index in [1.807, 2.05) is 0 Å². The third kappa shape index (κ3) is 3.35. The van der Waals surface area contributed by atoms with E-state index in [1.54, 1.807) is 6.07 Å². The second kappa shape index (κ2) is 5.25. The van der Waals surface area contributed by atoms with Gasteiger partial charge in [-0.1, -0.05) is 19.8 Å². The summed E-state index contributed by atoms with van der Waals surface area (Å²) < 4.78 is 13.9. The number of rotatable bonds is 5. The minimum atomic E-state index is -0.275. The van der Waals surface area contributed by atoms with Crippen LogP contribution in [0.2, 0.25) is 0 Å². The molecule has 0 heterocycles. The molecular formula is C13H18BrFN2. The normalized spacial score (nSPS) is 16.9. The Labute approximate surface area is 110 Å². The van der Waals surface area contributed by atoms with Gasteiger partial charge < -0.3 is 11.1 Å². The Morgan fingerprint density at radius 1 is 1.53 bits per heavy atom. The predicted molar refractivity (Wildman–Crippen MR) is 73.6 cm³/mol. The molecule has 2 rings (SSSR count). The van der Waals surface area contributed by atoms with Crippen LogP contribution in [0.1, 0.15) is 32.6 Å². The first-order valence-electron chi connectivity index (χ1n) is 6.11. The summed E-state index contributed by atoms with van der Waals surface area (Å²) in [5.74, 6) is 0.581. The van der Waals surface area contributed by atoms with E-state index in [0.717, 1.165) is 18.8 Å². The maximum Gasteiger partial charge on any atom is 0.139 e. The summed E-state index contributed by atoms with van der Waals surface area (Å²) in [6, 6.07) is 3.47. The second-order valence-electron chi connectivity index (χ2n) is 4.78. The van der Waals surface area contributed by atoms with E-state index in [4.69, 9.17) is 5.73 Å². The van der Waals surface area contributed by atoms with Crippen LogP contribution in [0.25, 0.3) is 0 Å². The molecule has 2 nitrogen and oxygen atoms in total. The monoisotopic (exact) mass is 300 g/mol. The highest BCUT2D eigenvalue weighted by Gasteiger charge is 2.25. The van der Waals surface area contributed by atoms with E-state index in [1.165, 1.54) is 18.9 Å². The highest BCUT2D eigenvalue weighted by molar-refractivity contribution is 9.10. The lowest BCUT2D eigenvalue weighted by molar-refractivity contribution is 0.585. The first-order chi connectivity index (χ1) is 8.10. The summed E-state index contributed by atoms with van der Waals surface area (Å²) in [6.45, 7) is 2.14. The van der Waals surface area contributed by atoms with Crippen molar-refractivity contribution >= 4 is 27.3 Å². The molecule has 0 aromatic heterocycles. The van der Waals surface area contributed by atoms with Gasteiger partial charge in [0, 0.05) is 12.1 Å². The number of anilines is 2. The Morgan fingerprint density at radius 2 is 2.24 bits per heavy atom. The molecule has 1 atom stereocenters. The quantitative estimate of drug-likeness (QED) is 0.801. The summed E-state index contributed by atoms with van der Waals surface area (Å²) in [6.07, 6.45) is 4.87. The molecular weight excluding hydrogens is 283 g/mol. The van der Waals surface area contributed by atoms with Gasteiger partial charge in [-0.05, 0) is 40.8 Å². The molecule has 4 heteroatoms. The zero-order chi connectivity index (χ0) is 12.4. The van der Waals surface area contributed by atoms with Gasteiger partial charge in [-0.3, -0.25) is 0 Å². The Bertz CT molecular complexity index is 405. The number of hydrogen-bond acceptors (Lipinski definition) is 2. The van der Waals surface area contributed by atoms with Gasteiger partial charge in [0.1, 0.15) is 5.82 Å². The molecule has 1 aromatic carbocycles. The summed E-state index contributed by atoms with van der Waals surface area (Å²) in [5.41, 5.74) is 7.18. The highest BCUT2D eigenvalue weighted by Crippen LogP contribution is 2.35. The zero-order valence-electron chi connectivity index (χ0n) is 9.97. The first-order valence-corrected chi connectivity index (χ1v) is 6.90. The average Bonchev–Trinajstić information content (AvgIpc) is 3.08. The third-order valence-corrected chi connectivity index (χ3v) is 3.87. The van der Waals surface area contributed by atoms with Gasteiger partial charge in [-0.25, -0.2) is 4.39 Å². The molecule has 1 aliphatic rings. The Morgan fingerprint density at radius 3 is 2.82 bits per heavy atom. The fourth-order valence-electron chi connectivity index (χ4n) is 1.99. The molecule has 1 aromatic rings. The van der Waals surface area contributed by atoms with E-state index in [2.05, 4.69) is 28.2 Å². The zero-order valence-corrected chi connectivity index (χ0v) is 11.6. The minimum absolute atomic E-state index is 0.275. The standard InChI is InChI=1S/C13H18BrFN2/c1-2-9(5-8-3-4-8)17-13-7-11(15)10(14)6-12(13)16/h6-9,17H,2-5,16H2,1H3. The fourth-order valence-corrected chi connectivity index (χ4v) is 2.35. The number of nitrogens with two attached hydrogens (primary N) is 1. The molecule has 1 saturated carbocycles. The lowest BCUT2D eigenvalue weighted by Crippen LogP contribution is -2.20. The van der Waals surface area contributed by atoms with E-state index < -0.39 is 0 Å². The van der Waals surface area contributed by atoms with Gasteiger partial charge in [0.05, 0.1) is 15.8 Å². The van der Waals surface area contributed by atoms with Crippen LogP contribution in [0.15, 0.2) is 16.6 Å². The molecule has 1 aliphatic carbocycles. The number of halogens is 2. The van der Waals surface area contributed by atoms with Crippen LogP contribution in [0, 0.1) is 11.7 Å². The number of benzene rings is 1. The number of nitrogens with one attached hydrogen (secondary N) is 1. The topological polar surface area (TPSA) is 38.0 Å². The summed E-state index contributed by atoms with van der Waals surface area (Å²) in [4.78, 5) is 0. The number of hydrogen-bond donors (Lipinski definition) is 2. The van der Waals surface area contributed by atoms with Crippen molar-refractivity contribution in [3.63, 3.8) is 0 Å². The maximum absolute atomic E-state index is 13.4. The van der Waals surface area contributed by atoms with E-state index in [-0.39, 0.29) is 5.82 Å². The second-order valence-corrected chi connectivity index (χ2v) is 5.64. The van der Waals surface area contributed by atoms with Crippen molar-refractivity contribution in [1.82, 2.24) is 0 Å². The largest absolute Gasteiger partial charge is 0.397 e. The van der Waals surface area contributed by atoms with Crippen molar-refractivity contribution in [1.29, 1.82) is 0 Å².